The van der Waals surface area contributed by atoms with Crippen LogP contribution in [-0.4, -0.2) is 15.9 Å². The summed E-state index contributed by atoms with van der Waals surface area (Å²) in [4.78, 5) is 20.8. The second-order valence-electron chi connectivity index (χ2n) is 5.56. The Kier molecular flexibility index (Phi) is 3.92. The summed E-state index contributed by atoms with van der Waals surface area (Å²) in [6.07, 6.45) is 2.97. The normalized spacial score (nSPS) is 10.6. The first-order valence-electron chi connectivity index (χ1n) is 7.88. The average molecular weight is 326 g/mol. The van der Waals surface area contributed by atoms with E-state index in [0.717, 1.165) is 16.3 Å². The molecule has 25 heavy (non-hydrogen) atoms. The van der Waals surface area contributed by atoms with E-state index < -0.39 is 5.97 Å². The van der Waals surface area contributed by atoms with Gasteiger partial charge in [-0.15, -0.1) is 0 Å². The van der Waals surface area contributed by atoms with Gasteiger partial charge in [-0.3, -0.25) is 0 Å². The van der Waals surface area contributed by atoms with E-state index in [1.807, 2.05) is 66.7 Å². The van der Waals surface area contributed by atoms with Crippen molar-refractivity contribution in [1.82, 2.24) is 9.97 Å². The third-order valence-corrected chi connectivity index (χ3v) is 3.85. The first-order chi connectivity index (χ1) is 12.3. The van der Waals surface area contributed by atoms with Gasteiger partial charge < -0.3 is 4.74 Å². The van der Waals surface area contributed by atoms with Crippen molar-refractivity contribution < 1.29 is 9.53 Å². The van der Waals surface area contributed by atoms with Crippen LogP contribution >= 0.6 is 0 Å². The molecule has 4 heteroatoms. The number of hydrogen-bond donors (Lipinski definition) is 0. The van der Waals surface area contributed by atoms with Crippen molar-refractivity contribution in [2.75, 3.05) is 0 Å². The highest BCUT2D eigenvalue weighted by Gasteiger charge is 2.11. The maximum Gasteiger partial charge on any atom is 0.346 e. The third kappa shape index (κ3) is 3.23. The van der Waals surface area contributed by atoms with E-state index in [0.29, 0.717) is 17.1 Å². The Morgan fingerprint density at radius 1 is 0.760 bits per heavy atom. The Balaban J connectivity index is 1.54. The van der Waals surface area contributed by atoms with E-state index in [1.54, 1.807) is 6.07 Å². The molecule has 4 rings (SSSR count). The summed E-state index contributed by atoms with van der Waals surface area (Å²) < 4.78 is 5.44. The SMILES string of the molecule is O=C(Oc1ccc2ccccc2c1)c1cnc(-c2ccccc2)nc1. The first kappa shape index (κ1) is 15.0. The predicted molar refractivity (Wildman–Crippen MR) is 96.4 cm³/mol. The van der Waals surface area contributed by atoms with Crippen LogP contribution in [0.15, 0.2) is 85.2 Å². The minimum atomic E-state index is -0.477. The molecule has 120 valence electrons. The van der Waals surface area contributed by atoms with Crippen molar-refractivity contribution in [1.29, 1.82) is 0 Å². The number of carbonyl (C=O) groups excluding carboxylic acids is 1. The molecule has 0 aliphatic carbocycles. The van der Waals surface area contributed by atoms with Gasteiger partial charge in [0, 0.05) is 18.0 Å². The van der Waals surface area contributed by atoms with Crippen LogP contribution < -0.4 is 4.74 Å². The molecule has 3 aromatic carbocycles. The van der Waals surface area contributed by atoms with Gasteiger partial charge in [0.15, 0.2) is 5.82 Å². The van der Waals surface area contributed by atoms with Crippen LogP contribution in [-0.2, 0) is 0 Å². The van der Waals surface area contributed by atoms with Crippen molar-refractivity contribution in [2.45, 2.75) is 0 Å². The molecular weight excluding hydrogens is 312 g/mol. The number of aromatic nitrogens is 2. The fourth-order valence-corrected chi connectivity index (χ4v) is 2.57. The summed E-state index contributed by atoms with van der Waals surface area (Å²) in [5, 5.41) is 2.11. The first-order valence-corrected chi connectivity index (χ1v) is 7.88. The fourth-order valence-electron chi connectivity index (χ4n) is 2.57. The van der Waals surface area contributed by atoms with Crippen molar-refractivity contribution >= 4 is 16.7 Å². The predicted octanol–water partition coefficient (Wildman–Crippen LogP) is 4.52. The van der Waals surface area contributed by atoms with Gasteiger partial charge in [-0.25, -0.2) is 14.8 Å². The van der Waals surface area contributed by atoms with E-state index >= 15 is 0 Å². The minimum Gasteiger partial charge on any atom is -0.423 e. The lowest BCUT2D eigenvalue weighted by Gasteiger charge is -2.06. The largest absolute Gasteiger partial charge is 0.423 e. The highest BCUT2D eigenvalue weighted by Crippen LogP contribution is 2.21. The Morgan fingerprint density at radius 2 is 1.44 bits per heavy atom. The van der Waals surface area contributed by atoms with E-state index in [2.05, 4.69) is 9.97 Å². The van der Waals surface area contributed by atoms with E-state index in [1.165, 1.54) is 12.4 Å². The number of fused-ring (bicyclic) bond motifs is 1. The lowest BCUT2D eigenvalue weighted by atomic mass is 10.1. The van der Waals surface area contributed by atoms with Crippen LogP contribution in [0.1, 0.15) is 10.4 Å². The molecule has 0 unspecified atom stereocenters. The minimum absolute atomic E-state index is 0.313. The van der Waals surface area contributed by atoms with Gasteiger partial charge in [0.1, 0.15) is 5.75 Å². The highest BCUT2D eigenvalue weighted by molar-refractivity contribution is 5.91. The maximum absolute atomic E-state index is 12.3. The molecule has 0 radical (unpaired) electrons. The Hall–Kier alpha value is -3.53. The zero-order valence-electron chi connectivity index (χ0n) is 13.3. The third-order valence-electron chi connectivity index (χ3n) is 3.85. The van der Waals surface area contributed by atoms with Crippen molar-refractivity contribution in [3.8, 4) is 17.1 Å². The lowest BCUT2D eigenvalue weighted by Crippen LogP contribution is -2.09. The van der Waals surface area contributed by atoms with Crippen LogP contribution in [0.4, 0.5) is 0 Å². The Bertz CT molecular complexity index is 1030. The summed E-state index contributed by atoms with van der Waals surface area (Å²) in [5.41, 5.74) is 1.21. The van der Waals surface area contributed by atoms with Gasteiger partial charge >= 0.3 is 5.97 Å². The number of carbonyl (C=O) groups is 1. The number of nitrogens with zero attached hydrogens (tertiary/aromatic N) is 2. The van der Waals surface area contributed by atoms with Gasteiger partial charge in [0.25, 0.3) is 0 Å². The van der Waals surface area contributed by atoms with Gasteiger partial charge in [-0.2, -0.15) is 0 Å². The monoisotopic (exact) mass is 326 g/mol. The lowest BCUT2D eigenvalue weighted by molar-refractivity contribution is 0.0734. The van der Waals surface area contributed by atoms with Gasteiger partial charge in [-0.05, 0) is 22.9 Å². The topological polar surface area (TPSA) is 52.1 Å². The standard InChI is InChI=1S/C21H14N2O2/c24-21(25-19-11-10-15-6-4-5-9-17(15)12-19)18-13-22-20(23-14-18)16-7-2-1-3-8-16/h1-14H. The van der Waals surface area contributed by atoms with Crippen LogP contribution in [0, 0.1) is 0 Å². The van der Waals surface area contributed by atoms with E-state index in [9.17, 15) is 4.79 Å². The number of hydrogen-bond acceptors (Lipinski definition) is 4. The summed E-state index contributed by atoms with van der Waals surface area (Å²) in [6.45, 7) is 0. The summed E-state index contributed by atoms with van der Waals surface area (Å²) in [5.74, 6) is 0.591. The molecule has 0 aliphatic rings. The Morgan fingerprint density at radius 3 is 2.20 bits per heavy atom. The zero-order valence-corrected chi connectivity index (χ0v) is 13.3. The molecule has 0 N–H and O–H groups in total. The maximum atomic E-state index is 12.3. The number of ether oxygens (including phenoxy) is 1. The highest BCUT2D eigenvalue weighted by atomic mass is 16.5. The van der Waals surface area contributed by atoms with Crippen LogP contribution in [0.2, 0.25) is 0 Å². The summed E-state index contributed by atoms with van der Waals surface area (Å²) in [6, 6.07) is 23.1. The van der Waals surface area contributed by atoms with Crippen LogP contribution in [0.25, 0.3) is 22.2 Å². The summed E-state index contributed by atoms with van der Waals surface area (Å²) in [7, 11) is 0. The summed E-state index contributed by atoms with van der Waals surface area (Å²) >= 11 is 0. The van der Waals surface area contributed by atoms with Gasteiger partial charge in [-0.1, -0.05) is 60.7 Å². The molecular formula is C21H14N2O2. The molecule has 0 atom stereocenters. The molecule has 0 fully saturated rings. The van der Waals surface area contributed by atoms with Gasteiger partial charge in [0.2, 0.25) is 0 Å². The second-order valence-corrected chi connectivity index (χ2v) is 5.56. The fraction of sp³-hybridized carbons (Fsp3) is 0. The molecule has 0 saturated heterocycles. The second kappa shape index (κ2) is 6.53. The van der Waals surface area contributed by atoms with Crippen molar-refractivity contribution in [2.24, 2.45) is 0 Å². The molecule has 0 spiro atoms. The molecule has 4 nitrogen and oxygen atoms in total. The van der Waals surface area contributed by atoms with Crippen LogP contribution in [0.3, 0.4) is 0 Å². The zero-order chi connectivity index (χ0) is 17.1. The molecule has 0 bridgehead atoms. The number of rotatable bonds is 3. The molecule has 1 aromatic heterocycles. The molecule has 1 heterocycles. The van der Waals surface area contributed by atoms with E-state index in [4.69, 9.17) is 4.74 Å². The molecule has 0 amide bonds. The van der Waals surface area contributed by atoms with Crippen molar-refractivity contribution in [3.63, 3.8) is 0 Å². The molecule has 0 saturated carbocycles. The number of benzene rings is 3. The van der Waals surface area contributed by atoms with E-state index in [-0.39, 0.29) is 0 Å². The van der Waals surface area contributed by atoms with Crippen molar-refractivity contribution in [3.05, 3.63) is 90.8 Å². The van der Waals surface area contributed by atoms with Gasteiger partial charge in [0.05, 0.1) is 5.56 Å². The number of esters is 1. The van der Waals surface area contributed by atoms with Crippen LogP contribution in [0.5, 0.6) is 5.75 Å². The molecule has 0 aliphatic heterocycles. The quantitative estimate of drug-likeness (QED) is 0.410. The molecule has 4 aromatic rings. The Labute approximate surface area is 144 Å². The average Bonchev–Trinajstić information content (AvgIpc) is 2.69. The smallest absolute Gasteiger partial charge is 0.346 e.